The second kappa shape index (κ2) is 7.84. The van der Waals surface area contributed by atoms with Gasteiger partial charge in [-0.3, -0.25) is 4.79 Å². The summed E-state index contributed by atoms with van der Waals surface area (Å²) in [6.07, 6.45) is -0.0238. The predicted octanol–water partition coefficient (Wildman–Crippen LogP) is 2.98. The predicted molar refractivity (Wildman–Crippen MR) is 97.8 cm³/mol. The average Bonchev–Trinajstić information content (AvgIpc) is 2.99. The van der Waals surface area contributed by atoms with Gasteiger partial charge in [-0.1, -0.05) is 0 Å². The topological polar surface area (TPSA) is 71.9 Å². The summed E-state index contributed by atoms with van der Waals surface area (Å²) in [5.41, 5.74) is 2.74. The Hall–Kier alpha value is -2.12. The van der Waals surface area contributed by atoms with Crippen LogP contribution in [0.2, 0.25) is 0 Å². The van der Waals surface area contributed by atoms with Crippen molar-refractivity contribution in [3.63, 3.8) is 0 Å². The van der Waals surface area contributed by atoms with Crippen molar-refractivity contribution in [1.82, 2.24) is 4.98 Å². The highest BCUT2D eigenvalue weighted by Gasteiger charge is 2.21. The number of carboxylic acid groups (broad SMARTS) is 1. The normalized spacial score (nSPS) is 14.6. The summed E-state index contributed by atoms with van der Waals surface area (Å²) < 4.78 is 10.9. The number of carbonyl (C=O) groups is 1. The molecule has 0 atom stereocenters. The molecule has 134 valence electrons. The van der Waals surface area contributed by atoms with E-state index in [1.807, 2.05) is 32.0 Å². The molecule has 0 spiro atoms. The SMILES string of the molecule is CCOc1ccc(-c2nc(N3CCOCC3)sc2CC(=O)O)c(C)c1. The van der Waals surface area contributed by atoms with Crippen LogP contribution >= 0.6 is 11.3 Å². The minimum Gasteiger partial charge on any atom is -0.494 e. The van der Waals surface area contributed by atoms with Gasteiger partial charge < -0.3 is 19.5 Å². The standard InChI is InChI=1S/C18H22N2O4S/c1-3-24-13-4-5-14(12(2)10-13)17-15(11-16(21)22)25-18(19-17)20-6-8-23-9-7-20/h4-5,10H,3,6-9,11H2,1-2H3,(H,21,22). The molecule has 2 heterocycles. The first-order valence-electron chi connectivity index (χ1n) is 8.36. The van der Waals surface area contributed by atoms with Gasteiger partial charge in [-0.2, -0.15) is 0 Å². The molecule has 1 fully saturated rings. The first-order valence-corrected chi connectivity index (χ1v) is 9.18. The molecule has 0 saturated carbocycles. The molecule has 0 bridgehead atoms. The van der Waals surface area contributed by atoms with E-state index in [0.29, 0.717) is 19.8 Å². The van der Waals surface area contributed by atoms with Gasteiger partial charge in [0.15, 0.2) is 5.13 Å². The van der Waals surface area contributed by atoms with Crippen LogP contribution in [0.15, 0.2) is 18.2 Å². The van der Waals surface area contributed by atoms with Crippen LogP contribution in [0.5, 0.6) is 5.75 Å². The van der Waals surface area contributed by atoms with Crippen molar-refractivity contribution < 1.29 is 19.4 Å². The number of thiazole rings is 1. The van der Waals surface area contributed by atoms with Crippen LogP contribution in [0, 0.1) is 6.92 Å². The number of ether oxygens (including phenoxy) is 2. The number of hydrogen-bond acceptors (Lipinski definition) is 6. The molecule has 2 aromatic rings. The molecule has 1 aromatic heterocycles. The number of hydrogen-bond donors (Lipinski definition) is 1. The second-order valence-electron chi connectivity index (χ2n) is 5.85. The molecule has 7 heteroatoms. The van der Waals surface area contributed by atoms with E-state index in [4.69, 9.17) is 14.5 Å². The minimum atomic E-state index is -0.845. The number of rotatable bonds is 6. The summed E-state index contributed by atoms with van der Waals surface area (Å²) in [7, 11) is 0. The number of benzene rings is 1. The van der Waals surface area contributed by atoms with Crippen molar-refractivity contribution in [1.29, 1.82) is 0 Å². The van der Waals surface area contributed by atoms with E-state index < -0.39 is 5.97 Å². The van der Waals surface area contributed by atoms with E-state index in [2.05, 4.69) is 4.90 Å². The number of aryl methyl sites for hydroxylation is 1. The Morgan fingerprint density at radius 1 is 1.40 bits per heavy atom. The molecule has 1 saturated heterocycles. The van der Waals surface area contributed by atoms with Crippen molar-refractivity contribution in [2.45, 2.75) is 20.3 Å². The third-order valence-electron chi connectivity index (χ3n) is 4.04. The van der Waals surface area contributed by atoms with Crippen LogP contribution < -0.4 is 9.64 Å². The van der Waals surface area contributed by atoms with Crippen LogP contribution in [0.3, 0.4) is 0 Å². The van der Waals surface area contributed by atoms with Gasteiger partial charge in [0.2, 0.25) is 0 Å². The molecule has 0 amide bonds. The molecule has 1 aliphatic rings. The minimum absolute atomic E-state index is 0.0238. The number of morpholine rings is 1. The molecular formula is C18H22N2O4S. The summed E-state index contributed by atoms with van der Waals surface area (Å²) in [6.45, 7) is 7.46. The zero-order valence-corrected chi connectivity index (χ0v) is 15.3. The Kier molecular flexibility index (Phi) is 5.55. The van der Waals surface area contributed by atoms with E-state index in [1.54, 1.807) is 0 Å². The van der Waals surface area contributed by atoms with Gasteiger partial charge in [-0.05, 0) is 37.6 Å². The van der Waals surface area contributed by atoms with Crippen molar-refractivity contribution in [3.05, 3.63) is 28.6 Å². The smallest absolute Gasteiger partial charge is 0.308 e. The van der Waals surface area contributed by atoms with Gasteiger partial charge in [0.25, 0.3) is 0 Å². The highest BCUT2D eigenvalue weighted by Crippen LogP contribution is 2.36. The lowest BCUT2D eigenvalue weighted by Gasteiger charge is -2.26. The molecular weight excluding hydrogens is 340 g/mol. The van der Waals surface area contributed by atoms with Gasteiger partial charge in [-0.15, -0.1) is 11.3 Å². The Labute approximate surface area is 151 Å². The van der Waals surface area contributed by atoms with Crippen LogP contribution in [0.1, 0.15) is 17.4 Å². The second-order valence-corrected chi connectivity index (χ2v) is 6.91. The summed E-state index contributed by atoms with van der Waals surface area (Å²) in [4.78, 5) is 19.0. The maximum Gasteiger partial charge on any atom is 0.308 e. The van der Waals surface area contributed by atoms with E-state index in [0.717, 1.165) is 45.7 Å². The van der Waals surface area contributed by atoms with Crippen LogP contribution in [-0.2, 0) is 16.0 Å². The summed E-state index contributed by atoms with van der Waals surface area (Å²) in [6, 6.07) is 5.84. The molecule has 0 radical (unpaired) electrons. The van der Waals surface area contributed by atoms with Crippen molar-refractivity contribution in [2.75, 3.05) is 37.8 Å². The lowest BCUT2D eigenvalue weighted by Crippen LogP contribution is -2.36. The fourth-order valence-corrected chi connectivity index (χ4v) is 3.97. The molecule has 1 aromatic carbocycles. The lowest BCUT2D eigenvalue weighted by atomic mass is 10.0. The lowest BCUT2D eigenvalue weighted by molar-refractivity contribution is -0.136. The van der Waals surface area contributed by atoms with Crippen LogP contribution in [0.4, 0.5) is 5.13 Å². The van der Waals surface area contributed by atoms with Gasteiger partial charge >= 0.3 is 5.97 Å². The van der Waals surface area contributed by atoms with E-state index in [-0.39, 0.29) is 6.42 Å². The molecule has 6 nitrogen and oxygen atoms in total. The Morgan fingerprint density at radius 3 is 2.80 bits per heavy atom. The zero-order chi connectivity index (χ0) is 17.8. The molecule has 0 aliphatic carbocycles. The summed E-state index contributed by atoms with van der Waals surface area (Å²) in [5.74, 6) is -0.0332. The monoisotopic (exact) mass is 362 g/mol. The van der Waals surface area contributed by atoms with Crippen LogP contribution in [0.25, 0.3) is 11.3 Å². The summed E-state index contributed by atoms with van der Waals surface area (Å²) >= 11 is 1.46. The summed E-state index contributed by atoms with van der Waals surface area (Å²) in [5, 5.41) is 10.1. The van der Waals surface area contributed by atoms with Crippen molar-refractivity contribution in [3.8, 4) is 17.0 Å². The van der Waals surface area contributed by atoms with Crippen molar-refractivity contribution >= 4 is 22.4 Å². The fraction of sp³-hybridized carbons (Fsp3) is 0.444. The Balaban J connectivity index is 1.98. The number of carboxylic acids is 1. The van der Waals surface area contributed by atoms with Gasteiger partial charge in [0.1, 0.15) is 5.75 Å². The number of anilines is 1. The van der Waals surface area contributed by atoms with Gasteiger partial charge in [0, 0.05) is 23.5 Å². The molecule has 0 unspecified atom stereocenters. The maximum atomic E-state index is 11.3. The Bertz CT molecular complexity index is 754. The highest BCUT2D eigenvalue weighted by atomic mass is 32.1. The largest absolute Gasteiger partial charge is 0.494 e. The van der Waals surface area contributed by atoms with E-state index in [1.165, 1.54) is 11.3 Å². The Morgan fingerprint density at radius 2 is 2.16 bits per heavy atom. The number of aliphatic carboxylic acids is 1. The third-order valence-corrected chi connectivity index (χ3v) is 5.16. The third kappa shape index (κ3) is 4.11. The zero-order valence-electron chi connectivity index (χ0n) is 14.4. The highest BCUT2D eigenvalue weighted by molar-refractivity contribution is 7.16. The average molecular weight is 362 g/mol. The molecule has 25 heavy (non-hydrogen) atoms. The number of nitrogens with zero attached hydrogens (tertiary/aromatic N) is 2. The molecule has 1 aliphatic heterocycles. The number of aromatic nitrogens is 1. The molecule has 3 rings (SSSR count). The van der Waals surface area contributed by atoms with Crippen LogP contribution in [-0.4, -0.2) is 49.0 Å². The van der Waals surface area contributed by atoms with E-state index in [9.17, 15) is 9.90 Å². The van der Waals surface area contributed by atoms with Gasteiger partial charge in [0.05, 0.1) is 31.9 Å². The molecule has 1 N–H and O–H groups in total. The maximum absolute atomic E-state index is 11.3. The van der Waals surface area contributed by atoms with E-state index >= 15 is 0 Å². The fourth-order valence-electron chi connectivity index (χ4n) is 2.86. The van der Waals surface area contributed by atoms with Gasteiger partial charge in [-0.25, -0.2) is 4.98 Å². The van der Waals surface area contributed by atoms with Crippen molar-refractivity contribution in [2.24, 2.45) is 0 Å². The first kappa shape index (κ1) is 17.7. The quantitative estimate of drug-likeness (QED) is 0.852. The first-order chi connectivity index (χ1) is 12.1.